The summed E-state index contributed by atoms with van der Waals surface area (Å²) in [4.78, 5) is 92.5. The largest absolute Gasteiger partial charge is 0.417 e. The van der Waals surface area contributed by atoms with E-state index in [2.05, 4.69) is 36.1 Å². The number of carbonyl (C=O) groups is 5. The number of carbonyl (C=O) groups excluding carboxylic acids is 5. The number of H-pyrrole nitrogens is 1. The SMILES string of the molecule is Cc1ncsc1-c1ccc(CNC(=O)[C@@H]2C[C@@H](O)CN2C(=O)[C@@H](NC(=O)CCOCCNC(=O)c2ccc(F)c(-c3ccc(N4C[C@@H](C)N(C)[C@@H](C)C4)c(NC(=O)c4c[nH]c(=O)cc4C(F)(F)F)c3)c2)C(C)(C)C)cc1. The Balaban J connectivity index is 0.934. The number of aliphatic hydroxyl groups excluding tert-OH is 1. The van der Waals surface area contributed by atoms with E-state index in [9.17, 15) is 47.0 Å². The van der Waals surface area contributed by atoms with Crippen molar-refractivity contribution >= 4 is 52.2 Å². The van der Waals surface area contributed by atoms with E-state index in [0.717, 1.165) is 27.8 Å². The molecule has 0 saturated carbocycles. The number of β-amino-alcohol motifs (C(OH)–C–C–N with tert-alkyl or cyclic N) is 1. The van der Waals surface area contributed by atoms with Gasteiger partial charge in [-0.3, -0.25) is 33.7 Å². The Morgan fingerprint density at radius 1 is 0.908 bits per heavy atom. The second-order valence-electron chi connectivity index (χ2n) is 20.3. The summed E-state index contributed by atoms with van der Waals surface area (Å²) in [6, 6.07) is 14.4. The first-order valence-corrected chi connectivity index (χ1v) is 25.7. The molecule has 0 unspecified atom stereocenters. The molecule has 7 rings (SSSR count). The van der Waals surface area contributed by atoms with Crippen LogP contribution in [0.15, 0.2) is 83.2 Å². The number of anilines is 2. The van der Waals surface area contributed by atoms with Gasteiger partial charge < -0.3 is 45.9 Å². The summed E-state index contributed by atoms with van der Waals surface area (Å²) in [6.07, 6.45) is -5.38. The number of hydrogen-bond donors (Lipinski definition) is 6. The van der Waals surface area contributed by atoms with Crippen molar-refractivity contribution in [2.24, 2.45) is 5.41 Å². The summed E-state index contributed by atoms with van der Waals surface area (Å²) in [6.45, 7) is 12.3. The molecule has 3 aromatic carbocycles. The molecule has 0 aliphatic carbocycles. The molecule has 5 atom stereocenters. The lowest BCUT2D eigenvalue weighted by atomic mass is 9.85. The van der Waals surface area contributed by atoms with Gasteiger partial charge in [-0.1, -0.05) is 51.1 Å². The summed E-state index contributed by atoms with van der Waals surface area (Å²) in [7, 11) is 1.97. The lowest BCUT2D eigenvalue weighted by molar-refractivity contribution is -0.144. The van der Waals surface area contributed by atoms with E-state index in [1.165, 1.54) is 23.1 Å². The number of nitrogens with zero attached hydrogens (tertiary/aromatic N) is 4. The minimum Gasteiger partial charge on any atom is -0.391 e. The molecule has 2 fully saturated rings. The van der Waals surface area contributed by atoms with Gasteiger partial charge in [-0.25, -0.2) is 9.37 Å². The van der Waals surface area contributed by atoms with E-state index in [0.29, 0.717) is 31.0 Å². The van der Waals surface area contributed by atoms with Crippen molar-refractivity contribution < 1.29 is 51.4 Å². The van der Waals surface area contributed by atoms with Crippen molar-refractivity contribution in [3.8, 4) is 21.6 Å². The first kappa shape index (κ1) is 56.7. The predicted octanol–water partition coefficient (Wildman–Crippen LogP) is 6.36. The lowest BCUT2D eigenvalue weighted by Gasteiger charge is -2.44. The zero-order chi connectivity index (χ0) is 55.2. The number of rotatable bonds is 17. The number of aryl methyl sites for hydroxylation is 1. The smallest absolute Gasteiger partial charge is 0.391 e. The molecule has 406 valence electrons. The molecule has 0 bridgehead atoms. The summed E-state index contributed by atoms with van der Waals surface area (Å²) >= 11 is 1.54. The summed E-state index contributed by atoms with van der Waals surface area (Å²) < 4.78 is 63.3. The van der Waals surface area contributed by atoms with Crippen molar-refractivity contribution in [3.05, 3.63) is 123 Å². The highest BCUT2D eigenvalue weighted by Gasteiger charge is 2.44. The summed E-state index contributed by atoms with van der Waals surface area (Å²) in [5, 5.41) is 21.5. The van der Waals surface area contributed by atoms with Crippen LogP contribution in [0.2, 0.25) is 0 Å². The van der Waals surface area contributed by atoms with Gasteiger partial charge in [0.15, 0.2) is 0 Å². The molecule has 4 heterocycles. The van der Waals surface area contributed by atoms with Crippen LogP contribution in [0.1, 0.15) is 85.0 Å². The molecule has 5 amide bonds. The molecule has 2 aromatic heterocycles. The number of hydrogen-bond acceptors (Lipinski definition) is 12. The van der Waals surface area contributed by atoms with Crippen molar-refractivity contribution in [2.75, 3.05) is 56.7 Å². The fourth-order valence-electron chi connectivity index (χ4n) is 9.27. The molecule has 2 saturated heterocycles. The molecule has 76 heavy (non-hydrogen) atoms. The number of piperazine rings is 1. The number of ether oxygens (including phenoxy) is 1. The van der Waals surface area contributed by atoms with Gasteiger partial charge >= 0.3 is 6.18 Å². The minimum atomic E-state index is -5.02. The van der Waals surface area contributed by atoms with E-state index in [-0.39, 0.29) is 80.2 Å². The molecule has 0 radical (unpaired) electrons. The second-order valence-corrected chi connectivity index (χ2v) is 21.2. The van der Waals surface area contributed by atoms with E-state index >= 15 is 4.39 Å². The Morgan fingerprint density at radius 3 is 2.26 bits per heavy atom. The third-order valence-electron chi connectivity index (χ3n) is 13.7. The van der Waals surface area contributed by atoms with Crippen LogP contribution >= 0.6 is 11.3 Å². The number of likely N-dealkylation sites (tertiary alicyclic amines) is 1. The van der Waals surface area contributed by atoms with Gasteiger partial charge in [-0.15, -0.1) is 11.3 Å². The van der Waals surface area contributed by atoms with Crippen LogP contribution in [0.5, 0.6) is 0 Å². The van der Waals surface area contributed by atoms with Gasteiger partial charge in [0, 0.05) is 81.0 Å². The van der Waals surface area contributed by atoms with Gasteiger partial charge in [-0.2, -0.15) is 13.2 Å². The van der Waals surface area contributed by atoms with Crippen LogP contribution in [-0.2, 0) is 31.8 Å². The maximum absolute atomic E-state index is 15.6. The maximum atomic E-state index is 15.6. The first-order chi connectivity index (χ1) is 35.9. The van der Waals surface area contributed by atoms with Gasteiger partial charge in [0.2, 0.25) is 23.3 Å². The third kappa shape index (κ3) is 13.7. The molecule has 5 aromatic rings. The highest BCUT2D eigenvalue weighted by atomic mass is 32.1. The predicted molar refractivity (Wildman–Crippen MR) is 280 cm³/mol. The second kappa shape index (κ2) is 23.9. The number of pyridine rings is 1. The minimum absolute atomic E-state index is 0.00766. The zero-order valence-electron chi connectivity index (χ0n) is 43.3. The van der Waals surface area contributed by atoms with Crippen molar-refractivity contribution in [3.63, 3.8) is 0 Å². The van der Waals surface area contributed by atoms with Crippen molar-refractivity contribution in [1.29, 1.82) is 0 Å². The Hall–Kier alpha value is -7.01. The number of alkyl halides is 3. The number of aromatic amines is 1. The first-order valence-electron chi connectivity index (χ1n) is 24.8. The van der Waals surface area contributed by atoms with Crippen LogP contribution in [0.3, 0.4) is 0 Å². The molecular formula is C54H63F4N9O8S. The van der Waals surface area contributed by atoms with Gasteiger partial charge in [0.25, 0.3) is 11.8 Å². The number of aliphatic hydroxyl groups is 1. The monoisotopic (exact) mass is 1070 g/mol. The number of benzene rings is 3. The maximum Gasteiger partial charge on any atom is 0.417 e. The number of likely N-dealkylation sites (N-methyl/N-ethyl adjacent to an activating group) is 1. The average Bonchev–Trinajstić information content (AvgIpc) is 4.00. The quantitative estimate of drug-likeness (QED) is 0.0445. The Kier molecular flexibility index (Phi) is 17.8. The zero-order valence-corrected chi connectivity index (χ0v) is 44.1. The molecule has 22 heteroatoms. The van der Waals surface area contributed by atoms with Crippen molar-refractivity contribution in [2.45, 2.75) is 97.4 Å². The third-order valence-corrected chi connectivity index (χ3v) is 14.7. The fraction of sp³-hybridized carbons (Fsp3) is 0.426. The van der Waals surface area contributed by atoms with Crippen molar-refractivity contribution in [1.82, 2.24) is 35.7 Å². The van der Waals surface area contributed by atoms with Crippen LogP contribution < -0.4 is 31.7 Å². The molecule has 6 N–H and O–H groups in total. The molecule has 17 nitrogen and oxygen atoms in total. The van der Waals surface area contributed by atoms with E-state index < -0.39 is 81.8 Å². The number of halogens is 4. The Bertz CT molecular complexity index is 2990. The van der Waals surface area contributed by atoms with E-state index in [4.69, 9.17) is 4.74 Å². The topological polar surface area (TPSA) is 218 Å². The average molecular weight is 1070 g/mol. The van der Waals surface area contributed by atoms with Crippen LogP contribution in [0.25, 0.3) is 21.6 Å². The van der Waals surface area contributed by atoms with E-state index in [1.54, 1.807) is 49.8 Å². The van der Waals surface area contributed by atoms with Gasteiger partial charge in [-0.05, 0) is 80.3 Å². The van der Waals surface area contributed by atoms with E-state index in [1.807, 2.05) is 57.0 Å². The Morgan fingerprint density at radius 2 is 1.61 bits per heavy atom. The van der Waals surface area contributed by atoms with Gasteiger partial charge in [0.1, 0.15) is 17.9 Å². The molecular weight excluding hydrogens is 1010 g/mol. The lowest BCUT2D eigenvalue weighted by Crippen LogP contribution is -2.57. The standard InChI is InChI=1S/C54H63F4N9O8S/c1-30-26-66(27-31(2)65(30)7)43-15-13-35(21-42(43)63-50(72)39-25-60-46(70)23-40(39)54(56,57)58)38-20-36(12-14-41(38)55)49(71)59-17-19-75-18-16-45(69)64-48(53(4,5)6)52(74)67-28-37(68)22-44(67)51(73)61-24-33-8-10-34(11-9-33)47-32(3)62-29-76-47/h8-15,20-21,23,25,29-31,37,44,48,68H,16-19,22,24,26-28H2,1-7H3,(H,59,71)(H,60,70)(H,61,73)(H,63,72)(H,64,69)/t30-,31+,37-,44+,48-/m1/s1. The van der Waals surface area contributed by atoms with Gasteiger partial charge in [0.05, 0.1) is 57.9 Å². The number of nitrogens with one attached hydrogen (secondary N) is 5. The normalized spacial score (nSPS) is 18.5. The molecule has 0 spiro atoms. The molecule has 2 aliphatic heterocycles. The Labute approximate surface area is 441 Å². The molecule has 2 aliphatic rings. The highest BCUT2D eigenvalue weighted by Crippen LogP contribution is 2.37. The number of aromatic nitrogens is 2. The fourth-order valence-corrected chi connectivity index (χ4v) is 10.1. The number of thiazole rings is 1. The summed E-state index contributed by atoms with van der Waals surface area (Å²) in [5.74, 6) is -3.92. The number of amides is 5. The van der Waals surface area contributed by atoms with Crippen LogP contribution in [0, 0.1) is 18.2 Å². The summed E-state index contributed by atoms with van der Waals surface area (Å²) in [5.41, 5.74) is 1.26. The van der Waals surface area contributed by atoms with Crippen LogP contribution in [0.4, 0.5) is 28.9 Å². The highest BCUT2D eigenvalue weighted by molar-refractivity contribution is 7.13. The van der Waals surface area contributed by atoms with Crippen LogP contribution in [-0.4, -0.2) is 131 Å².